The minimum absolute atomic E-state index is 0.0756. The summed E-state index contributed by atoms with van der Waals surface area (Å²) in [5.41, 5.74) is 0.470. The van der Waals surface area contributed by atoms with Crippen LogP contribution in [0.15, 0.2) is 36.9 Å². The highest BCUT2D eigenvalue weighted by Gasteiger charge is 2.44. The van der Waals surface area contributed by atoms with Gasteiger partial charge in [0.15, 0.2) is 5.75 Å². The third-order valence-electron chi connectivity index (χ3n) is 5.48. The Hall–Kier alpha value is -3.27. The number of aliphatic hydroxyl groups is 1. The Bertz CT molecular complexity index is 1100. The van der Waals surface area contributed by atoms with E-state index < -0.39 is 17.4 Å². The van der Waals surface area contributed by atoms with Gasteiger partial charge in [0.1, 0.15) is 11.6 Å². The van der Waals surface area contributed by atoms with E-state index in [1.807, 2.05) is 25.7 Å². The normalized spacial score (nSPS) is 21.1. The van der Waals surface area contributed by atoms with Crippen molar-refractivity contribution in [3.05, 3.63) is 48.3 Å². The highest BCUT2D eigenvalue weighted by atomic mass is 19.1. The standard InChI is InChI=1S/C21H25FN6O3/c1-13(2)25-20(30)31-17-11-24-27-7-5-18(26-19(17)27)28-16(4-6-21(28,3)12-29)14-8-15(22)10-23-9-14/h5,7-11,13,16,29H,4,6,12H2,1-3H3,(H,25,30)/t16-,21+/m1/s1. The number of hydrogen-bond donors (Lipinski definition) is 2. The quantitative estimate of drug-likeness (QED) is 0.644. The lowest BCUT2D eigenvalue weighted by Gasteiger charge is -2.38. The van der Waals surface area contributed by atoms with Crippen LogP contribution >= 0.6 is 0 Å². The number of carbonyl (C=O) groups is 1. The van der Waals surface area contributed by atoms with Crippen LogP contribution in [0.5, 0.6) is 5.75 Å². The number of halogens is 1. The molecule has 0 spiro atoms. The third-order valence-corrected chi connectivity index (χ3v) is 5.48. The Morgan fingerprint density at radius 1 is 1.42 bits per heavy atom. The smallest absolute Gasteiger partial charge is 0.405 e. The van der Waals surface area contributed by atoms with E-state index in [0.29, 0.717) is 29.9 Å². The molecule has 3 aromatic rings. The van der Waals surface area contributed by atoms with Gasteiger partial charge in [-0.15, -0.1) is 0 Å². The first kappa shape index (κ1) is 21.0. The van der Waals surface area contributed by atoms with Crippen LogP contribution in [0.1, 0.15) is 45.2 Å². The number of carbonyl (C=O) groups excluding carboxylic acids is 1. The van der Waals surface area contributed by atoms with Crippen LogP contribution in [0.3, 0.4) is 0 Å². The highest BCUT2D eigenvalue weighted by molar-refractivity contribution is 5.73. The second-order valence-electron chi connectivity index (χ2n) is 8.27. The van der Waals surface area contributed by atoms with Crippen molar-refractivity contribution in [2.75, 3.05) is 11.5 Å². The van der Waals surface area contributed by atoms with Crippen LogP contribution in [0.25, 0.3) is 5.65 Å². The predicted octanol–water partition coefficient (Wildman–Crippen LogP) is 2.85. The minimum Gasteiger partial charge on any atom is -0.405 e. The molecule has 10 heteroatoms. The van der Waals surface area contributed by atoms with Crippen molar-refractivity contribution in [3.8, 4) is 5.75 Å². The maximum absolute atomic E-state index is 13.8. The molecular formula is C21H25FN6O3. The molecule has 1 saturated heterocycles. The molecule has 1 aliphatic heterocycles. The van der Waals surface area contributed by atoms with Crippen molar-refractivity contribution >= 4 is 17.6 Å². The van der Waals surface area contributed by atoms with Crippen LogP contribution in [0, 0.1) is 5.82 Å². The average molecular weight is 428 g/mol. The fourth-order valence-corrected chi connectivity index (χ4v) is 4.00. The Balaban J connectivity index is 1.73. The number of anilines is 1. The molecule has 1 fully saturated rings. The van der Waals surface area contributed by atoms with Crippen molar-refractivity contribution in [3.63, 3.8) is 0 Å². The first-order valence-electron chi connectivity index (χ1n) is 10.1. The number of aromatic nitrogens is 4. The van der Waals surface area contributed by atoms with E-state index in [4.69, 9.17) is 4.74 Å². The van der Waals surface area contributed by atoms with Crippen LogP contribution < -0.4 is 15.0 Å². The summed E-state index contributed by atoms with van der Waals surface area (Å²) in [7, 11) is 0. The SMILES string of the molecule is CC(C)NC(=O)Oc1cnn2ccc(N3[C@@H](c4cncc(F)c4)CC[C@@]3(C)CO)nc12. The number of nitrogens with one attached hydrogen (secondary N) is 1. The predicted molar refractivity (Wildman–Crippen MR) is 111 cm³/mol. The van der Waals surface area contributed by atoms with Gasteiger partial charge in [0.05, 0.1) is 30.6 Å². The topological polar surface area (TPSA) is 105 Å². The van der Waals surface area contributed by atoms with Crippen molar-refractivity contribution in [1.82, 2.24) is 24.9 Å². The van der Waals surface area contributed by atoms with Crippen molar-refractivity contribution in [1.29, 1.82) is 0 Å². The van der Waals surface area contributed by atoms with E-state index >= 15 is 0 Å². The molecule has 0 unspecified atom stereocenters. The molecule has 0 saturated carbocycles. The fourth-order valence-electron chi connectivity index (χ4n) is 4.00. The molecule has 0 radical (unpaired) electrons. The number of aliphatic hydroxyl groups excluding tert-OH is 1. The van der Waals surface area contributed by atoms with E-state index in [-0.39, 0.29) is 24.4 Å². The molecule has 1 aliphatic rings. The molecule has 1 amide bonds. The molecule has 2 atom stereocenters. The monoisotopic (exact) mass is 428 g/mol. The number of pyridine rings is 1. The summed E-state index contributed by atoms with van der Waals surface area (Å²) in [5, 5.41) is 17.0. The molecule has 164 valence electrons. The zero-order valence-corrected chi connectivity index (χ0v) is 17.6. The minimum atomic E-state index is -0.599. The van der Waals surface area contributed by atoms with Crippen molar-refractivity contribution in [2.45, 2.75) is 51.2 Å². The zero-order valence-electron chi connectivity index (χ0n) is 17.6. The maximum Gasteiger partial charge on any atom is 0.412 e. The summed E-state index contributed by atoms with van der Waals surface area (Å²) in [4.78, 5) is 22.7. The van der Waals surface area contributed by atoms with Crippen LogP contribution in [0.4, 0.5) is 15.0 Å². The fraction of sp³-hybridized carbons (Fsp3) is 0.429. The summed E-state index contributed by atoms with van der Waals surface area (Å²) < 4.78 is 20.7. The van der Waals surface area contributed by atoms with Gasteiger partial charge in [-0.2, -0.15) is 5.10 Å². The second kappa shape index (κ2) is 8.10. The first-order chi connectivity index (χ1) is 14.8. The number of rotatable bonds is 5. The van der Waals surface area contributed by atoms with Gasteiger partial charge in [-0.25, -0.2) is 18.7 Å². The molecular weight excluding hydrogens is 403 g/mol. The summed E-state index contributed by atoms with van der Waals surface area (Å²) in [6.07, 6.45) is 6.73. The molecule has 31 heavy (non-hydrogen) atoms. The third kappa shape index (κ3) is 4.02. The Labute approximate surface area is 178 Å². The number of ether oxygens (including phenoxy) is 1. The van der Waals surface area contributed by atoms with E-state index in [1.165, 1.54) is 16.8 Å². The van der Waals surface area contributed by atoms with Gasteiger partial charge in [0.2, 0.25) is 5.65 Å². The van der Waals surface area contributed by atoms with Gasteiger partial charge in [0.25, 0.3) is 0 Å². The van der Waals surface area contributed by atoms with Gasteiger partial charge in [-0.1, -0.05) is 0 Å². The zero-order chi connectivity index (χ0) is 22.2. The summed E-state index contributed by atoms with van der Waals surface area (Å²) in [6.45, 7) is 5.50. The summed E-state index contributed by atoms with van der Waals surface area (Å²) >= 11 is 0. The molecule has 2 N–H and O–H groups in total. The van der Waals surface area contributed by atoms with Gasteiger partial charge in [0, 0.05) is 18.4 Å². The van der Waals surface area contributed by atoms with Gasteiger partial charge >= 0.3 is 6.09 Å². The molecule has 0 aliphatic carbocycles. The number of nitrogens with zero attached hydrogens (tertiary/aromatic N) is 5. The van der Waals surface area contributed by atoms with E-state index in [1.54, 1.807) is 18.5 Å². The lowest BCUT2D eigenvalue weighted by Crippen LogP contribution is -2.46. The molecule has 0 bridgehead atoms. The molecule has 3 aromatic heterocycles. The lowest BCUT2D eigenvalue weighted by molar-refractivity contribution is 0.198. The molecule has 4 rings (SSSR count). The Morgan fingerprint density at radius 3 is 2.94 bits per heavy atom. The number of hydrogen-bond acceptors (Lipinski definition) is 7. The number of fused-ring (bicyclic) bond motifs is 1. The van der Waals surface area contributed by atoms with Crippen molar-refractivity contribution in [2.24, 2.45) is 0 Å². The van der Waals surface area contributed by atoms with Crippen LogP contribution in [-0.2, 0) is 0 Å². The van der Waals surface area contributed by atoms with Gasteiger partial charge in [-0.05, 0) is 51.3 Å². The Morgan fingerprint density at radius 2 is 2.23 bits per heavy atom. The van der Waals surface area contributed by atoms with E-state index in [2.05, 4.69) is 20.4 Å². The maximum atomic E-state index is 13.8. The van der Waals surface area contributed by atoms with Crippen LogP contribution in [0.2, 0.25) is 0 Å². The molecule has 0 aromatic carbocycles. The number of amides is 1. The highest BCUT2D eigenvalue weighted by Crippen LogP contribution is 2.45. The van der Waals surface area contributed by atoms with Gasteiger partial charge in [-0.3, -0.25) is 4.98 Å². The average Bonchev–Trinajstić information content (AvgIpc) is 3.28. The van der Waals surface area contributed by atoms with Crippen LogP contribution in [-0.4, -0.2) is 49.0 Å². The van der Waals surface area contributed by atoms with Gasteiger partial charge < -0.3 is 20.1 Å². The first-order valence-corrected chi connectivity index (χ1v) is 10.1. The largest absolute Gasteiger partial charge is 0.412 e. The Kier molecular flexibility index (Phi) is 5.48. The van der Waals surface area contributed by atoms with E-state index in [9.17, 15) is 14.3 Å². The summed E-state index contributed by atoms with van der Waals surface area (Å²) in [6, 6.07) is 2.94. The summed E-state index contributed by atoms with van der Waals surface area (Å²) in [5.74, 6) is 0.361. The van der Waals surface area contributed by atoms with Crippen molar-refractivity contribution < 1.29 is 19.0 Å². The van der Waals surface area contributed by atoms with E-state index in [0.717, 1.165) is 6.20 Å². The molecule has 9 nitrogen and oxygen atoms in total. The lowest BCUT2D eigenvalue weighted by atomic mass is 10.0. The molecule has 4 heterocycles. The second-order valence-corrected chi connectivity index (χ2v) is 8.27.